The number of esters is 1. The van der Waals surface area contributed by atoms with Gasteiger partial charge in [-0.1, -0.05) is 24.3 Å². The van der Waals surface area contributed by atoms with Gasteiger partial charge >= 0.3 is 5.97 Å². The van der Waals surface area contributed by atoms with E-state index >= 15 is 0 Å². The molecule has 0 spiro atoms. The first-order valence-electron chi connectivity index (χ1n) is 7.93. The molecule has 6 nitrogen and oxygen atoms in total. The number of methoxy groups -OCH3 is 1. The van der Waals surface area contributed by atoms with E-state index < -0.39 is 5.97 Å². The second-order valence-corrected chi connectivity index (χ2v) is 5.02. The minimum atomic E-state index is -0.467. The molecule has 134 valence electrons. The SMILES string of the molecule is COc1cc(C=CC(=O)OCCOc2ccccc2)ccc1OCC#N. The Morgan fingerprint density at radius 2 is 1.88 bits per heavy atom. The minimum Gasteiger partial charge on any atom is -0.493 e. The van der Waals surface area contributed by atoms with Crippen LogP contribution in [-0.2, 0) is 9.53 Å². The summed E-state index contributed by atoms with van der Waals surface area (Å²) in [5.74, 6) is 1.20. The lowest BCUT2D eigenvalue weighted by molar-refractivity contribution is -0.138. The van der Waals surface area contributed by atoms with Gasteiger partial charge in [-0.25, -0.2) is 4.79 Å². The third-order valence-electron chi connectivity index (χ3n) is 3.23. The number of nitrogens with zero attached hydrogens (tertiary/aromatic N) is 1. The molecule has 0 radical (unpaired) electrons. The maximum atomic E-state index is 11.7. The summed E-state index contributed by atoms with van der Waals surface area (Å²) in [7, 11) is 1.50. The second-order valence-electron chi connectivity index (χ2n) is 5.02. The monoisotopic (exact) mass is 353 g/mol. The molecule has 0 fully saturated rings. The Hall–Kier alpha value is -3.46. The Labute approximate surface area is 152 Å². The van der Waals surface area contributed by atoms with Crippen molar-refractivity contribution in [2.24, 2.45) is 0 Å². The zero-order chi connectivity index (χ0) is 18.6. The van der Waals surface area contributed by atoms with E-state index in [1.54, 1.807) is 24.3 Å². The molecule has 0 saturated heterocycles. The number of carbonyl (C=O) groups is 1. The van der Waals surface area contributed by atoms with E-state index in [4.69, 9.17) is 24.2 Å². The topological polar surface area (TPSA) is 77.8 Å². The molecule has 0 atom stereocenters. The van der Waals surface area contributed by atoms with E-state index in [2.05, 4.69) is 0 Å². The average molecular weight is 353 g/mol. The number of para-hydroxylation sites is 1. The molecule has 0 aliphatic rings. The number of carbonyl (C=O) groups excluding carboxylic acids is 1. The number of ether oxygens (including phenoxy) is 4. The van der Waals surface area contributed by atoms with E-state index in [1.165, 1.54) is 13.2 Å². The molecule has 0 unspecified atom stereocenters. The molecular weight excluding hydrogens is 334 g/mol. The maximum Gasteiger partial charge on any atom is 0.330 e. The first kappa shape index (κ1) is 18.9. The van der Waals surface area contributed by atoms with E-state index in [9.17, 15) is 4.79 Å². The first-order chi connectivity index (χ1) is 12.7. The fourth-order valence-electron chi connectivity index (χ4n) is 2.05. The van der Waals surface area contributed by atoms with Crippen LogP contribution in [0.5, 0.6) is 17.2 Å². The standard InChI is InChI=1S/C20H19NO5/c1-23-19-15-16(7-9-18(19)25-12-11-21)8-10-20(22)26-14-13-24-17-5-3-2-4-6-17/h2-10,15H,12-14H2,1H3. The van der Waals surface area contributed by atoms with Gasteiger partial charge in [0.1, 0.15) is 25.0 Å². The highest BCUT2D eigenvalue weighted by Gasteiger charge is 2.05. The van der Waals surface area contributed by atoms with Crippen LogP contribution in [0.2, 0.25) is 0 Å². The van der Waals surface area contributed by atoms with Gasteiger partial charge in [0.05, 0.1) is 7.11 Å². The number of hydrogen-bond acceptors (Lipinski definition) is 6. The van der Waals surface area contributed by atoms with Crippen molar-refractivity contribution in [2.75, 3.05) is 26.9 Å². The lowest BCUT2D eigenvalue weighted by atomic mass is 10.2. The molecule has 2 rings (SSSR count). The molecule has 2 aromatic carbocycles. The maximum absolute atomic E-state index is 11.7. The van der Waals surface area contributed by atoms with Crippen molar-refractivity contribution in [1.29, 1.82) is 5.26 Å². The number of benzene rings is 2. The third kappa shape index (κ3) is 6.21. The predicted molar refractivity (Wildman–Crippen MR) is 96.0 cm³/mol. The van der Waals surface area contributed by atoms with Crippen LogP contribution in [0.4, 0.5) is 0 Å². The van der Waals surface area contributed by atoms with Gasteiger partial charge < -0.3 is 18.9 Å². The number of rotatable bonds is 9. The summed E-state index contributed by atoms with van der Waals surface area (Å²) >= 11 is 0. The van der Waals surface area contributed by atoms with Crippen molar-refractivity contribution >= 4 is 12.0 Å². The quantitative estimate of drug-likeness (QED) is 0.391. The van der Waals surface area contributed by atoms with Crippen molar-refractivity contribution in [3.63, 3.8) is 0 Å². The molecular formula is C20H19NO5. The van der Waals surface area contributed by atoms with Crippen LogP contribution in [-0.4, -0.2) is 32.9 Å². The van der Waals surface area contributed by atoms with E-state index in [0.717, 1.165) is 11.3 Å². The normalized spacial score (nSPS) is 10.2. The zero-order valence-electron chi connectivity index (χ0n) is 14.4. The highest BCUT2D eigenvalue weighted by molar-refractivity contribution is 5.87. The highest BCUT2D eigenvalue weighted by atomic mass is 16.6. The van der Waals surface area contributed by atoms with E-state index in [0.29, 0.717) is 11.5 Å². The fourth-order valence-corrected chi connectivity index (χ4v) is 2.05. The molecule has 0 aromatic heterocycles. The number of nitriles is 1. The van der Waals surface area contributed by atoms with Crippen molar-refractivity contribution in [1.82, 2.24) is 0 Å². The molecule has 26 heavy (non-hydrogen) atoms. The van der Waals surface area contributed by atoms with Crippen LogP contribution >= 0.6 is 0 Å². The van der Waals surface area contributed by atoms with Crippen molar-refractivity contribution < 1.29 is 23.7 Å². The van der Waals surface area contributed by atoms with Gasteiger partial charge in [0.15, 0.2) is 18.1 Å². The fraction of sp³-hybridized carbons (Fsp3) is 0.200. The summed E-state index contributed by atoms with van der Waals surface area (Å²) in [4.78, 5) is 11.7. The van der Waals surface area contributed by atoms with Crippen LogP contribution in [0.1, 0.15) is 5.56 Å². The van der Waals surface area contributed by atoms with Gasteiger partial charge in [-0.3, -0.25) is 0 Å². The Balaban J connectivity index is 1.80. The second kappa shape index (κ2) is 10.4. The lowest BCUT2D eigenvalue weighted by Gasteiger charge is -2.08. The summed E-state index contributed by atoms with van der Waals surface area (Å²) in [5.41, 5.74) is 0.739. The van der Waals surface area contributed by atoms with Crippen LogP contribution in [0, 0.1) is 11.3 Å². The van der Waals surface area contributed by atoms with Crippen LogP contribution in [0.15, 0.2) is 54.6 Å². The van der Waals surface area contributed by atoms with E-state index in [1.807, 2.05) is 36.4 Å². The molecule has 0 amide bonds. The third-order valence-corrected chi connectivity index (χ3v) is 3.23. The summed E-state index contributed by atoms with van der Waals surface area (Å²) in [6.45, 7) is 0.369. The Bertz CT molecular complexity index is 781. The number of hydrogen-bond donors (Lipinski definition) is 0. The minimum absolute atomic E-state index is 0.0665. The van der Waals surface area contributed by atoms with Gasteiger partial charge in [0, 0.05) is 6.08 Å². The van der Waals surface area contributed by atoms with Crippen molar-refractivity contribution in [2.45, 2.75) is 0 Å². The summed E-state index contributed by atoms with van der Waals surface area (Å²) < 4.78 is 21.0. The highest BCUT2D eigenvalue weighted by Crippen LogP contribution is 2.28. The van der Waals surface area contributed by atoms with Crippen LogP contribution < -0.4 is 14.2 Å². The molecule has 0 bridgehead atoms. The summed E-state index contributed by atoms with van der Waals surface area (Å²) in [5, 5.41) is 8.56. The van der Waals surface area contributed by atoms with Crippen molar-refractivity contribution in [3.8, 4) is 23.3 Å². The Kier molecular flexibility index (Phi) is 7.56. The molecule has 2 aromatic rings. The Morgan fingerprint density at radius 3 is 2.62 bits per heavy atom. The van der Waals surface area contributed by atoms with Crippen LogP contribution in [0.25, 0.3) is 6.08 Å². The van der Waals surface area contributed by atoms with Crippen LogP contribution in [0.3, 0.4) is 0 Å². The molecule has 0 N–H and O–H groups in total. The molecule has 6 heteroatoms. The van der Waals surface area contributed by atoms with Gasteiger partial charge in [-0.2, -0.15) is 5.26 Å². The molecule has 0 aliphatic heterocycles. The summed E-state index contributed by atoms with van der Waals surface area (Å²) in [6.07, 6.45) is 2.93. The van der Waals surface area contributed by atoms with Gasteiger partial charge in [0.25, 0.3) is 0 Å². The summed E-state index contributed by atoms with van der Waals surface area (Å²) in [6, 6.07) is 16.3. The van der Waals surface area contributed by atoms with Gasteiger partial charge in [0.2, 0.25) is 0 Å². The largest absolute Gasteiger partial charge is 0.493 e. The van der Waals surface area contributed by atoms with Gasteiger partial charge in [-0.05, 0) is 35.9 Å². The van der Waals surface area contributed by atoms with E-state index in [-0.39, 0.29) is 19.8 Å². The zero-order valence-corrected chi connectivity index (χ0v) is 14.4. The average Bonchev–Trinajstić information content (AvgIpc) is 2.69. The lowest BCUT2D eigenvalue weighted by Crippen LogP contribution is -2.10. The first-order valence-corrected chi connectivity index (χ1v) is 7.93. The van der Waals surface area contributed by atoms with Crippen molar-refractivity contribution in [3.05, 3.63) is 60.2 Å². The van der Waals surface area contributed by atoms with Gasteiger partial charge in [-0.15, -0.1) is 0 Å². The molecule has 0 heterocycles. The smallest absolute Gasteiger partial charge is 0.330 e. The molecule has 0 saturated carbocycles. The predicted octanol–water partition coefficient (Wildman–Crippen LogP) is 3.23. The molecule has 0 aliphatic carbocycles. The Morgan fingerprint density at radius 1 is 1.08 bits per heavy atom.